The van der Waals surface area contributed by atoms with Gasteiger partial charge in [-0.25, -0.2) is 4.39 Å². The number of ether oxygens (including phenoxy) is 1. The monoisotopic (exact) mass is 401 g/mol. The maximum absolute atomic E-state index is 13.2. The molecule has 0 unspecified atom stereocenters. The number of anilines is 1. The number of hydrogen-bond acceptors (Lipinski definition) is 4. The molecule has 0 aliphatic carbocycles. The fourth-order valence-corrected chi connectivity index (χ4v) is 2.94. The number of carbonyl (C=O) groups excluding carboxylic acids is 1. The first kappa shape index (κ1) is 19.5. The van der Waals surface area contributed by atoms with E-state index >= 15 is 0 Å². The van der Waals surface area contributed by atoms with Gasteiger partial charge in [-0.05, 0) is 43.7 Å². The average Bonchev–Trinajstić information content (AvgIpc) is 3.26. The highest BCUT2D eigenvalue weighted by atomic mass is 35.5. The first-order valence-electron chi connectivity index (χ1n) is 8.40. The number of nitriles is 1. The summed E-state index contributed by atoms with van der Waals surface area (Å²) in [6.45, 7) is 3.73. The predicted octanol–water partition coefficient (Wildman–Crippen LogP) is 4.43. The van der Waals surface area contributed by atoms with Crippen LogP contribution in [0, 0.1) is 31.0 Å². The molecule has 1 aromatic carbocycles. The lowest BCUT2D eigenvalue weighted by Gasteiger charge is -2.12. The summed E-state index contributed by atoms with van der Waals surface area (Å²) in [6.07, 6.45) is 1.56. The van der Waals surface area contributed by atoms with Gasteiger partial charge in [0, 0.05) is 11.8 Å². The number of hydrogen-bond donors (Lipinski definition) is 1. The van der Waals surface area contributed by atoms with E-state index < -0.39 is 11.7 Å². The molecular weight excluding hydrogens is 385 g/mol. The van der Waals surface area contributed by atoms with Crippen molar-refractivity contribution in [3.05, 3.63) is 70.0 Å². The molecule has 0 radical (unpaired) electrons. The van der Waals surface area contributed by atoms with Crippen molar-refractivity contribution < 1.29 is 18.3 Å². The van der Waals surface area contributed by atoms with Crippen LogP contribution < -0.4 is 10.1 Å². The van der Waals surface area contributed by atoms with Crippen LogP contribution in [0.4, 0.5) is 10.2 Å². The predicted molar refractivity (Wildman–Crippen MR) is 102 cm³/mol. The van der Waals surface area contributed by atoms with Crippen LogP contribution in [0.5, 0.6) is 5.75 Å². The minimum absolute atomic E-state index is 0.0942. The number of rotatable bonds is 6. The summed E-state index contributed by atoms with van der Waals surface area (Å²) < 4.78 is 25.7. The molecule has 0 bridgehead atoms. The Balaban J connectivity index is 1.78. The highest BCUT2D eigenvalue weighted by Crippen LogP contribution is 2.27. The Bertz CT molecular complexity index is 1050. The van der Waals surface area contributed by atoms with Crippen molar-refractivity contribution in [1.82, 2.24) is 4.57 Å². The number of amides is 1. The lowest BCUT2D eigenvalue weighted by molar-refractivity contribution is -0.118. The molecule has 3 aromatic rings. The zero-order valence-electron chi connectivity index (χ0n) is 15.3. The lowest BCUT2D eigenvalue weighted by atomic mass is 10.2. The van der Waals surface area contributed by atoms with Crippen LogP contribution in [-0.4, -0.2) is 17.1 Å². The Labute approximate surface area is 166 Å². The molecule has 28 heavy (non-hydrogen) atoms. The number of furan rings is 1. The number of nitrogens with one attached hydrogen (secondary N) is 1. The summed E-state index contributed by atoms with van der Waals surface area (Å²) >= 11 is 5.70. The Hall–Kier alpha value is -3.24. The van der Waals surface area contributed by atoms with Crippen LogP contribution in [0.15, 0.2) is 41.0 Å². The first-order chi connectivity index (χ1) is 13.4. The van der Waals surface area contributed by atoms with Crippen molar-refractivity contribution in [3.8, 4) is 11.8 Å². The molecule has 2 aromatic heterocycles. The third-order valence-electron chi connectivity index (χ3n) is 4.35. The van der Waals surface area contributed by atoms with Gasteiger partial charge in [0.05, 0.1) is 23.4 Å². The van der Waals surface area contributed by atoms with E-state index in [2.05, 4.69) is 11.4 Å². The minimum Gasteiger partial charge on any atom is -0.484 e. The number of halogens is 2. The third-order valence-corrected chi connectivity index (χ3v) is 4.64. The topological polar surface area (TPSA) is 80.2 Å². The van der Waals surface area contributed by atoms with Gasteiger partial charge in [0.2, 0.25) is 0 Å². The SMILES string of the molecule is Cc1c(C#N)c(NC(=O)COc2ccc(F)c(Cl)c2)n(Cc2ccco2)c1C. The quantitative estimate of drug-likeness (QED) is 0.662. The molecule has 144 valence electrons. The van der Waals surface area contributed by atoms with Crippen molar-refractivity contribution >= 4 is 23.3 Å². The summed E-state index contributed by atoms with van der Waals surface area (Å²) in [4.78, 5) is 12.4. The molecule has 1 amide bonds. The lowest BCUT2D eigenvalue weighted by Crippen LogP contribution is -2.22. The molecule has 0 aliphatic heterocycles. The molecule has 3 rings (SSSR count). The molecule has 0 saturated carbocycles. The summed E-state index contributed by atoms with van der Waals surface area (Å²) in [6, 6.07) is 9.54. The van der Waals surface area contributed by atoms with Gasteiger partial charge >= 0.3 is 0 Å². The Kier molecular flexibility index (Phi) is 5.71. The summed E-state index contributed by atoms with van der Waals surface area (Å²) in [7, 11) is 0. The molecule has 0 atom stereocenters. The van der Waals surface area contributed by atoms with Gasteiger partial charge in [0.25, 0.3) is 5.91 Å². The number of aromatic nitrogens is 1. The van der Waals surface area contributed by atoms with E-state index in [0.29, 0.717) is 23.7 Å². The molecule has 0 aliphatic rings. The van der Waals surface area contributed by atoms with Gasteiger partial charge in [-0.3, -0.25) is 4.79 Å². The standard InChI is InChI=1S/C20H17ClFN3O3/c1-12-13(2)25(10-15-4-3-7-27-15)20(16(12)9-23)24-19(26)11-28-14-5-6-18(22)17(21)8-14/h3-8H,10-11H2,1-2H3,(H,24,26). The van der Waals surface area contributed by atoms with E-state index in [1.807, 2.05) is 19.9 Å². The van der Waals surface area contributed by atoms with E-state index in [1.54, 1.807) is 16.9 Å². The molecule has 8 heteroatoms. The van der Waals surface area contributed by atoms with E-state index in [-0.39, 0.29) is 17.4 Å². The van der Waals surface area contributed by atoms with Crippen LogP contribution in [0.2, 0.25) is 5.02 Å². The highest BCUT2D eigenvalue weighted by molar-refractivity contribution is 6.30. The smallest absolute Gasteiger partial charge is 0.263 e. The summed E-state index contributed by atoms with van der Waals surface area (Å²) in [5.41, 5.74) is 1.99. The Morgan fingerprint density at radius 3 is 2.82 bits per heavy atom. The molecule has 0 saturated heterocycles. The van der Waals surface area contributed by atoms with Crippen molar-refractivity contribution in [2.75, 3.05) is 11.9 Å². The second kappa shape index (κ2) is 8.19. The molecule has 1 N–H and O–H groups in total. The zero-order chi connectivity index (χ0) is 20.3. The van der Waals surface area contributed by atoms with Crippen molar-refractivity contribution in [2.24, 2.45) is 0 Å². The van der Waals surface area contributed by atoms with Gasteiger partial charge in [-0.2, -0.15) is 5.26 Å². The van der Waals surface area contributed by atoms with Gasteiger partial charge in [0.15, 0.2) is 6.61 Å². The summed E-state index contributed by atoms with van der Waals surface area (Å²) in [5, 5.41) is 12.2. The van der Waals surface area contributed by atoms with E-state index in [1.165, 1.54) is 12.1 Å². The van der Waals surface area contributed by atoms with Crippen LogP contribution in [0.1, 0.15) is 22.6 Å². The van der Waals surface area contributed by atoms with Gasteiger partial charge in [0.1, 0.15) is 29.2 Å². The first-order valence-corrected chi connectivity index (χ1v) is 8.78. The van der Waals surface area contributed by atoms with Gasteiger partial charge in [-0.15, -0.1) is 0 Å². The van der Waals surface area contributed by atoms with Crippen molar-refractivity contribution in [2.45, 2.75) is 20.4 Å². The minimum atomic E-state index is -0.571. The summed E-state index contributed by atoms with van der Waals surface area (Å²) in [5.74, 6) is 0.296. The molecule has 6 nitrogen and oxygen atoms in total. The Morgan fingerprint density at radius 1 is 1.39 bits per heavy atom. The number of nitrogens with zero attached hydrogens (tertiary/aromatic N) is 2. The second-order valence-corrected chi connectivity index (χ2v) is 6.53. The molecule has 2 heterocycles. The molecular formula is C20H17ClFN3O3. The van der Waals surface area contributed by atoms with Crippen LogP contribution in [0.25, 0.3) is 0 Å². The number of carbonyl (C=O) groups is 1. The zero-order valence-corrected chi connectivity index (χ0v) is 16.0. The average molecular weight is 402 g/mol. The van der Waals surface area contributed by atoms with Crippen LogP contribution in [-0.2, 0) is 11.3 Å². The fraction of sp³-hybridized carbons (Fsp3) is 0.200. The Morgan fingerprint density at radius 2 is 2.18 bits per heavy atom. The maximum Gasteiger partial charge on any atom is 0.263 e. The van der Waals surface area contributed by atoms with Crippen LogP contribution >= 0.6 is 11.6 Å². The molecule has 0 spiro atoms. The second-order valence-electron chi connectivity index (χ2n) is 6.12. The highest BCUT2D eigenvalue weighted by Gasteiger charge is 2.20. The third kappa shape index (κ3) is 4.02. The normalized spacial score (nSPS) is 10.5. The van der Waals surface area contributed by atoms with Crippen molar-refractivity contribution in [1.29, 1.82) is 5.26 Å². The fourth-order valence-electron chi connectivity index (χ4n) is 2.77. The largest absolute Gasteiger partial charge is 0.484 e. The number of benzene rings is 1. The van der Waals surface area contributed by atoms with E-state index in [0.717, 1.165) is 17.3 Å². The van der Waals surface area contributed by atoms with E-state index in [4.69, 9.17) is 20.8 Å². The van der Waals surface area contributed by atoms with Crippen molar-refractivity contribution in [3.63, 3.8) is 0 Å². The van der Waals surface area contributed by atoms with Crippen LogP contribution in [0.3, 0.4) is 0 Å². The maximum atomic E-state index is 13.2. The van der Waals surface area contributed by atoms with Gasteiger partial charge < -0.3 is 19.0 Å². The van der Waals surface area contributed by atoms with E-state index in [9.17, 15) is 14.4 Å². The molecule has 0 fully saturated rings. The van der Waals surface area contributed by atoms with Gasteiger partial charge in [-0.1, -0.05) is 11.6 Å².